The molecular weight excluding hydrogens is 264 g/mol. The summed E-state index contributed by atoms with van der Waals surface area (Å²) < 4.78 is 6.90. The zero-order valence-electron chi connectivity index (χ0n) is 10.4. The third-order valence-corrected chi connectivity index (χ3v) is 2.77. The van der Waals surface area contributed by atoms with Crippen LogP contribution in [0.1, 0.15) is 18.9 Å². The number of halogens is 1. The highest BCUT2D eigenvalue weighted by atomic mass is 35.5. The highest BCUT2D eigenvalue weighted by molar-refractivity contribution is 6.30. The molecule has 0 amide bonds. The fourth-order valence-corrected chi connectivity index (χ4v) is 1.72. The maximum atomic E-state index is 9.12. The lowest BCUT2D eigenvalue weighted by Crippen LogP contribution is -2.02. The van der Waals surface area contributed by atoms with E-state index in [4.69, 9.17) is 27.3 Å². The molecule has 0 spiro atoms. The smallest absolute Gasteiger partial charge is 0.253 e. The first-order valence-electron chi connectivity index (χ1n) is 5.84. The Balaban J connectivity index is 2.44. The lowest BCUT2D eigenvalue weighted by molar-refractivity contribution is 0.302. The van der Waals surface area contributed by atoms with Gasteiger partial charge in [-0.2, -0.15) is 5.26 Å². The van der Waals surface area contributed by atoms with Crippen LogP contribution in [0.5, 0.6) is 5.88 Å². The van der Waals surface area contributed by atoms with E-state index in [1.807, 2.05) is 13.0 Å². The van der Waals surface area contributed by atoms with Crippen molar-refractivity contribution >= 4 is 17.4 Å². The number of ether oxygens (including phenoxy) is 1. The molecule has 0 saturated heterocycles. The van der Waals surface area contributed by atoms with Gasteiger partial charge in [-0.05, 0) is 30.7 Å². The highest BCUT2D eigenvalue weighted by Crippen LogP contribution is 2.26. The first-order chi connectivity index (χ1) is 9.17. The van der Waals surface area contributed by atoms with Crippen molar-refractivity contribution in [1.29, 1.82) is 5.26 Å². The third kappa shape index (κ3) is 2.64. The molecule has 1 aromatic heterocycles. The van der Waals surface area contributed by atoms with Crippen LogP contribution in [0.2, 0.25) is 5.02 Å². The molecule has 2 aromatic rings. The molecule has 0 saturated carbocycles. The number of hydrogen-bond donors (Lipinski definition) is 1. The maximum absolute atomic E-state index is 9.12. The van der Waals surface area contributed by atoms with Crippen molar-refractivity contribution in [2.24, 2.45) is 0 Å². The molecule has 0 aliphatic carbocycles. The van der Waals surface area contributed by atoms with Gasteiger partial charge in [-0.25, -0.2) is 4.68 Å². The molecule has 98 valence electrons. The molecular formula is C13H13ClN4O. The fraction of sp³-hybridized carbons (Fsp3) is 0.231. The molecule has 0 radical (unpaired) electrons. The molecule has 2 rings (SSSR count). The van der Waals surface area contributed by atoms with Gasteiger partial charge in [0.1, 0.15) is 11.9 Å². The summed E-state index contributed by atoms with van der Waals surface area (Å²) in [5.74, 6) is 0.521. The quantitative estimate of drug-likeness (QED) is 0.931. The summed E-state index contributed by atoms with van der Waals surface area (Å²) in [6.45, 7) is 2.47. The molecule has 2 N–H and O–H groups in total. The lowest BCUT2D eigenvalue weighted by Gasteiger charge is -2.03. The van der Waals surface area contributed by atoms with Gasteiger partial charge >= 0.3 is 0 Å². The van der Waals surface area contributed by atoms with Crippen LogP contribution in [0, 0.1) is 11.3 Å². The maximum Gasteiger partial charge on any atom is 0.253 e. The van der Waals surface area contributed by atoms with Gasteiger partial charge in [-0.15, -0.1) is 5.10 Å². The topological polar surface area (TPSA) is 76.9 Å². The van der Waals surface area contributed by atoms with Gasteiger partial charge in [0.2, 0.25) is 0 Å². The highest BCUT2D eigenvalue weighted by Gasteiger charge is 2.17. The van der Waals surface area contributed by atoms with E-state index in [0.29, 0.717) is 11.6 Å². The van der Waals surface area contributed by atoms with Crippen molar-refractivity contribution in [3.63, 3.8) is 0 Å². The summed E-state index contributed by atoms with van der Waals surface area (Å²) in [6, 6.07) is 9.03. The standard InChI is InChI=1S/C13H13ClN4O/c1-2-7-19-13-11(8-15)12(16)18(17-13)10-5-3-9(14)4-6-10/h3-6H,2,7,16H2,1H3. The van der Waals surface area contributed by atoms with E-state index in [0.717, 1.165) is 12.1 Å². The van der Waals surface area contributed by atoms with Crippen LogP contribution >= 0.6 is 11.6 Å². The van der Waals surface area contributed by atoms with E-state index in [1.165, 1.54) is 4.68 Å². The van der Waals surface area contributed by atoms with Gasteiger partial charge in [-0.3, -0.25) is 0 Å². The number of rotatable bonds is 4. The first kappa shape index (κ1) is 13.2. The molecule has 1 heterocycles. The van der Waals surface area contributed by atoms with Crippen molar-refractivity contribution in [3.05, 3.63) is 34.9 Å². The van der Waals surface area contributed by atoms with Crippen LogP contribution in [0.3, 0.4) is 0 Å². The van der Waals surface area contributed by atoms with E-state index in [9.17, 15) is 0 Å². The molecule has 1 aromatic carbocycles. The minimum absolute atomic E-state index is 0.253. The van der Waals surface area contributed by atoms with Crippen molar-refractivity contribution in [3.8, 4) is 17.6 Å². The molecule has 0 aliphatic heterocycles. The van der Waals surface area contributed by atoms with E-state index < -0.39 is 0 Å². The number of nitrogens with two attached hydrogens (primary N) is 1. The van der Waals surface area contributed by atoms with E-state index >= 15 is 0 Å². The zero-order valence-corrected chi connectivity index (χ0v) is 11.2. The fourth-order valence-electron chi connectivity index (χ4n) is 1.59. The summed E-state index contributed by atoms with van der Waals surface area (Å²) in [5.41, 5.74) is 6.90. The second-order valence-corrected chi connectivity index (χ2v) is 4.35. The second kappa shape index (κ2) is 5.63. The van der Waals surface area contributed by atoms with Crippen LogP contribution in [-0.4, -0.2) is 16.4 Å². The minimum Gasteiger partial charge on any atom is -0.476 e. The Kier molecular flexibility index (Phi) is 3.93. The van der Waals surface area contributed by atoms with Crippen LogP contribution in [0.15, 0.2) is 24.3 Å². The number of nitriles is 1. The Bertz CT molecular complexity index is 613. The lowest BCUT2D eigenvalue weighted by atomic mass is 10.3. The van der Waals surface area contributed by atoms with Crippen molar-refractivity contribution in [2.75, 3.05) is 12.3 Å². The normalized spacial score (nSPS) is 10.2. The van der Waals surface area contributed by atoms with E-state index in [-0.39, 0.29) is 17.3 Å². The predicted molar refractivity (Wildman–Crippen MR) is 73.5 cm³/mol. The Labute approximate surface area is 116 Å². The second-order valence-electron chi connectivity index (χ2n) is 3.91. The Morgan fingerprint density at radius 2 is 2.11 bits per heavy atom. The van der Waals surface area contributed by atoms with Crippen molar-refractivity contribution in [2.45, 2.75) is 13.3 Å². The molecule has 0 unspecified atom stereocenters. The number of anilines is 1. The summed E-state index contributed by atoms with van der Waals surface area (Å²) in [4.78, 5) is 0. The Morgan fingerprint density at radius 3 is 2.68 bits per heavy atom. The number of aromatic nitrogens is 2. The summed E-state index contributed by atoms with van der Waals surface area (Å²) >= 11 is 5.83. The molecule has 0 aliphatic rings. The van der Waals surface area contributed by atoms with Crippen LogP contribution in [-0.2, 0) is 0 Å². The number of hydrogen-bond acceptors (Lipinski definition) is 4. The van der Waals surface area contributed by atoms with Crippen LogP contribution in [0.4, 0.5) is 5.82 Å². The molecule has 19 heavy (non-hydrogen) atoms. The predicted octanol–water partition coefficient (Wildman–Crippen LogP) is 2.77. The van der Waals surface area contributed by atoms with Gasteiger partial charge in [-0.1, -0.05) is 18.5 Å². The van der Waals surface area contributed by atoms with E-state index in [2.05, 4.69) is 5.10 Å². The summed E-state index contributed by atoms with van der Waals surface area (Å²) in [5, 5.41) is 14.0. The monoisotopic (exact) mass is 276 g/mol. The van der Waals surface area contributed by atoms with Gasteiger partial charge in [0, 0.05) is 5.02 Å². The third-order valence-electron chi connectivity index (χ3n) is 2.51. The molecule has 0 atom stereocenters. The van der Waals surface area contributed by atoms with Gasteiger partial charge in [0.25, 0.3) is 5.88 Å². The van der Waals surface area contributed by atoms with Gasteiger partial charge < -0.3 is 10.5 Å². The largest absolute Gasteiger partial charge is 0.476 e. The average Bonchev–Trinajstić information content (AvgIpc) is 2.73. The SMILES string of the molecule is CCCOc1nn(-c2ccc(Cl)cc2)c(N)c1C#N. The van der Waals surface area contributed by atoms with Crippen molar-refractivity contribution in [1.82, 2.24) is 9.78 Å². The van der Waals surface area contributed by atoms with Crippen LogP contribution < -0.4 is 10.5 Å². The van der Waals surface area contributed by atoms with Crippen molar-refractivity contribution < 1.29 is 4.74 Å². The van der Waals surface area contributed by atoms with E-state index in [1.54, 1.807) is 24.3 Å². The van der Waals surface area contributed by atoms with Gasteiger partial charge in [0.15, 0.2) is 5.56 Å². The number of benzene rings is 1. The average molecular weight is 277 g/mol. The van der Waals surface area contributed by atoms with Crippen LogP contribution in [0.25, 0.3) is 5.69 Å². The molecule has 0 fully saturated rings. The zero-order chi connectivity index (χ0) is 13.8. The Morgan fingerprint density at radius 1 is 1.42 bits per heavy atom. The first-order valence-corrected chi connectivity index (χ1v) is 6.22. The van der Waals surface area contributed by atoms with Gasteiger partial charge in [0.05, 0.1) is 12.3 Å². The summed E-state index contributed by atoms with van der Waals surface area (Å²) in [6.07, 6.45) is 0.832. The molecule has 0 bridgehead atoms. The summed E-state index contributed by atoms with van der Waals surface area (Å²) in [7, 11) is 0. The molecule has 6 heteroatoms. The minimum atomic E-state index is 0.253. The Hall–Kier alpha value is -2.19. The number of nitrogens with zero attached hydrogens (tertiary/aromatic N) is 3. The molecule has 5 nitrogen and oxygen atoms in total. The number of nitrogen functional groups attached to an aromatic ring is 1.